The van der Waals surface area contributed by atoms with Crippen molar-refractivity contribution in [2.24, 2.45) is 0 Å². The Morgan fingerprint density at radius 3 is 2.43 bits per heavy atom. The zero-order valence-corrected chi connectivity index (χ0v) is 16.7. The number of hydrogen-bond donors (Lipinski definition) is 1. The highest BCUT2D eigenvalue weighted by Gasteiger charge is 2.36. The minimum absolute atomic E-state index is 0.00757. The zero-order valence-electron chi connectivity index (χ0n) is 16.7. The van der Waals surface area contributed by atoms with Crippen LogP contribution in [-0.4, -0.2) is 35.9 Å². The maximum Gasteiger partial charge on any atom is 0.334 e. The van der Waals surface area contributed by atoms with Gasteiger partial charge in [0.2, 0.25) is 0 Å². The summed E-state index contributed by atoms with van der Waals surface area (Å²) in [6, 6.07) is 2.72. The molecule has 28 heavy (non-hydrogen) atoms. The van der Waals surface area contributed by atoms with Crippen molar-refractivity contribution in [2.75, 3.05) is 7.11 Å². The number of allylic oxidation sites excluding steroid dienone is 3. The number of carbonyl (C=O) groups is 3. The van der Waals surface area contributed by atoms with Gasteiger partial charge < -0.3 is 14.6 Å². The Bertz CT molecular complexity index is 913. The largest absolute Gasteiger partial charge is 0.507 e. The molecule has 1 atom stereocenters. The van der Waals surface area contributed by atoms with Crippen LogP contribution < -0.4 is 4.74 Å². The number of esters is 1. The second kappa shape index (κ2) is 8.69. The maximum absolute atomic E-state index is 13.1. The first-order valence-electron chi connectivity index (χ1n) is 8.89. The summed E-state index contributed by atoms with van der Waals surface area (Å²) < 4.78 is 10.7. The molecular weight excluding hydrogens is 360 g/mol. The molecule has 6 heteroatoms. The summed E-state index contributed by atoms with van der Waals surface area (Å²) in [6.07, 6.45) is 3.87. The Morgan fingerprint density at radius 1 is 1.18 bits per heavy atom. The molecule has 1 aromatic rings. The summed E-state index contributed by atoms with van der Waals surface area (Å²) in [5.74, 6) is -1.75. The predicted molar refractivity (Wildman–Crippen MR) is 105 cm³/mol. The molecule has 1 N–H and O–H groups in total. The van der Waals surface area contributed by atoms with Gasteiger partial charge in [-0.3, -0.25) is 9.59 Å². The van der Waals surface area contributed by atoms with E-state index in [2.05, 4.69) is 0 Å². The smallest absolute Gasteiger partial charge is 0.334 e. The van der Waals surface area contributed by atoms with E-state index < -0.39 is 23.6 Å². The van der Waals surface area contributed by atoms with Crippen LogP contribution in [0.2, 0.25) is 0 Å². The highest BCUT2D eigenvalue weighted by molar-refractivity contribution is 6.27. The van der Waals surface area contributed by atoms with Crippen molar-refractivity contribution in [3.63, 3.8) is 0 Å². The Kier molecular flexibility index (Phi) is 6.57. The van der Waals surface area contributed by atoms with Crippen molar-refractivity contribution in [1.29, 1.82) is 0 Å². The summed E-state index contributed by atoms with van der Waals surface area (Å²) in [7, 11) is 1.38. The molecule has 2 rings (SSSR count). The molecular formula is C22H24O6. The summed E-state index contributed by atoms with van der Waals surface area (Å²) in [4.78, 5) is 38.1. The number of rotatable bonds is 6. The lowest BCUT2D eigenvalue weighted by atomic mass is 9.85. The number of methoxy groups -OCH3 is 1. The van der Waals surface area contributed by atoms with E-state index >= 15 is 0 Å². The van der Waals surface area contributed by atoms with E-state index in [0.717, 1.165) is 11.6 Å². The summed E-state index contributed by atoms with van der Waals surface area (Å²) in [5, 5.41) is 10.2. The Labute approximate surface area is 164 Å². The van der Waals surface area contributed by atoms with Crippen molar-refractivity contribution >= 4 is 17.5 Å². The summed E-state index contributed by atoms with van der Waals surface area (Å²) in [6.45, 7) is 7.07. The molecule has 6 nitrogen and oxygen atoms in total. The van der Waals surface area contributed by atoms with Crippen LogP contribution in [0.4, 0.5) is 0 Å². The number of benzene rings is 1. The zero-order chi connectivity index (χ0) is 21.0. The van der Waals surface area contributed by atoms with Gasteiger partial charge in [-0.05, 0) is 45.9 Å². The lowest BCUT2D eigenvalue weighted by Gasteiger charge is -2.24. The van der Waals surface area contributed by atoms with Gasteiger partial charge in [0.05, 0.1) is 18.2 Å². The van der Waals surface area contributed by atoms with Gasteiger partial charge in [0.25, 0.3) is 0 Å². The van der Waals surface area contributed by atoms with Crippen LogP contribution in [0, 0.1) is 0 Å². The van der Waals surface area contributed by atoms with Crippen LogP contribution in [0.5, 0.6) is 11.5 Å². The van der Waals surface area contributed by atoms with E-state index in [1.807, 2.05) is 19.9 Å². The van der Waals surface area contributed by atoms with E-state index in [1.54, 1.807) is 19.9 Å². The molecule has 1 aliphatic carbocycles. The van der Waals surface area contributed by atoms with Crippen molar-refractivity contribution < 1.29 is 29.0 Å². The number of phenols is 1. The number of fused-ring (bicyclic) bond motifs is 1. The summed E-state index contributed by atoms with van der Waals surface area (Å²) in [5.41, 5.74) is 1.26. The third kappa shape index (κ3) is 4.22. The first-order chi connectivity index (χ1) is 13.2. The average Bonchev–Trinajstić information content (AvgIpc) is 2.66. The van der Waals surface area contributed by atoms with Gasteiger partial charge in [-0.2, -0.15) is 0 Å². The second-order valence-corrected chi connectivity index (χ2v) is 6.71. The molecule has 148 valence electrons. The molecule has 0 fully saturated rings. The van der Waals surface area contributed by atoms with Crippen LogP contribution in [-0.2, 0) is 9.53 Å². The van der Waals surface area contributed by atoms with Crippen LogP contribution in [0.15, 0.2) is 47.1 Å². The van der Waals surface area contributed by atoms with E-state index in [4.69, 9.17) is 9.47 Å². The number of phenolic OH excluding ortho intramolecular Hbond substituents is 1. The molecule has 0 bridgehead atoms. The molecule has 1 unspecified atom stereocenters. The molecule has 0 amide bonds. The minimum Gasteiger partial charge on any atom is -0.507 e. The van der Waals surface area contributed by atoms with E-state index in [0.29, 0.717) is 5.57 Å². The average molecular weight is 384 g/mol. The molecule has 0 radical (unpaired) electrons. The lowest BCUT2D eigenvalue weighted by molar-refractivity contribution is -0.142. The summed E-state index contributed by atoms with van der Waals surface area (Å²) >= 11 is 0. The van der Waals surface area contributed by atoms with Crippen molar-refractivity contribution in [2.45, 2.75) is 40.2 Å². The van der Waals surface area contributed by atoms with Crippen LogP contribution in [0.3, 0.4) is 0 Å². The highest BCUT2D eigenvalue weighted by atomic mass is 16.5. The maximum atomic E-state index is 13.1. The molecule has 0 spiro atoms. The van der Waals surface area contributed by atoms with Crippen LogP contribution in [0.1, 0.15) is 54.8 Å². The molecule has 0 aliphatic heterocycles. The van der Waals surface area contributed by atoms with E-state index in [-0.39, 0.29) is 34.6 Å². The van der Waals surface area contributed by atoms with Gasteiger partial charge in [-0.1, -0.05) is 17.7 Å². The number of hydrogen-bond acceptors (Lipinski definition) is 6. The van der Waals surface area contributed by atoms with Crippen molar-refractivity contribution in [1.82, 2.24) is 0 Å². The van der Waals surface area contributed by atoms with Crippen LogP contribution in [0.25, 0.3) is 0 Å². The van der Waals surface area contributed by atoms with Gasteiger partial charge in [0.15, 0.2) is 11.6 Å². The highest BCUT2D eigenvalue weighted by Crippen LogP contribution is 2.37. The van der Waals surface area contributed by atoms with E-state index in [1.165, 1.54) is 19.2 Å². The molecule has 1 aromatic carbocycles. The van der Waals surface area contributed by atoms with Crippen LogP contribution >= 0.6 is 0 Å². The standard InChI is InChI=1S/C22H24O6/c1-6-13(4)22(26)28-17(9-7-12(2)3)14-11-16(24)19-18(27-5)10-8-15(23)20(19)21(14)25/h6-8,10-11,17,23H,9H2,1-5H3. The van der Waals surface area contributed by atoms with Gasteiger partial charge >= 0.3 is 5.97 Å². The first kappa shape index (κ1) is 21.2. The third-order valence-corrected chi connectivity index (χ3v) is 4.48. The lowest BCUT2D eigenvalue weighted by Crippen LogP contribution is -2.29. The Hall–Kier alpha value is -3.15. The van der Waals surface area contributed by atoms with Gasteiger partial charge in [-0.15, -0.1) is 0 Å². The molecule has 1 aliphatic rings. The molecule has 0 heterocycles. The monoisotopic (exact) mass is 384 g/mol. The second-order valence-electron chi connectivity index (χ2n) is 6.71. The fourth-order valence-corrected chi connectivity index (χ4v) is 2.80. The van der Waals surface area contributed by atoms with E-state index in [9.17, 15) is 19.5 Å². The minimum atomic E-state index is -0.951. The molecule has 0 aromatic heterocycles. The van der Waals surface area contributed by atoms with Gasteiger partial charge in [0, 0.05) is 17.6 Å². The Balaban J connectivity index is 2.53. The van der Waals surface area contributed by atoms with Gasteiger partial charge in [-0.25, -0.2) is 4.79 Å². The number of ether oxygens (including phenoxy) is 2. The van der Waals surface area contributed by atoms with Crippen molar-refractivity contribution in [3.05, 3.63) is 58.2 Å². The normalized spacial score (nSPS) is 14.8. The predicted octanol–water partition coefficient (Wildman–Crippen LogP) is 3.94. The number of carbonyl (C=O) groups excluding carboxylic acids is 3. The number of aromatic hydroxyl groups is 1. The topological polar surface area (TPSA) is 89.9 Å². The third-order valence-electron chi connectivity index (χ3n) is 4.48. The SMILES string of the molecule is CC=C(C)C(=O)OC(CC=C(C)C)C1=CC(=O)c2c(OC)ccc(O)c2C1=O. The fraction of sp³-hybridized carbons (Fsp3) is 0.318. The molecule has 0 saturated carbocycles. The first-order valence-corrected chi connectivity index (χ1v) is 8.89. The quantitative estimate of drug-likeness (QED) is 0.454. The number of ketones is 2. The van der Waals surface area contributed by atoms with Crippen molar-refractivity contribution in [3.8, 4) is 11.5 Å². The fourth-order valence-electron chi connectivity index (χ4n) is 2.80. The molecule has 0 saturated heterocycles. The number of Topliss-reactive ketones (excluding diaryl/α,β-unsaturated/α-hetero) is 1. The van der Waals surface area contributed by atoms with Gasteiger partial charge in [0.1, 0.15) is 17.6 Å². The Morgan fingerprint density at radius 2 is 1.86 bits per heavy atom.